The number of hydrogen-bond donors (Lipinski definition) is 0. The molecule has 0 bridgehead atoms. The van der Waals surface area contributed by atoms with Crippen LogP contribution >= 0.6 is 0 Å². The van der Waals surface area contributed by atoms with Crippen LogP contribution in [0.3, 0.4) is 0 Å². The highest BCUT2D eigenvalue weighted by Gasteiger charge is 2.29. The maximum absolute atomic E-state index is 5.53. The van der Waals surface area contributed by atoms with E-state index >= 15 is 0 Å². The molecular formula is C16H19N5O2. The van der Waals surface area contributed by atoms with Gasteiger partial charge in [-0.25, -0.2) is 9.50 Å². The van der Waals surface area contributed by atoms with Gasteiger partial charge in [0.05, 0.1) is 11.8 Å². The van der Waals surface area contributed by atoms with Crippen LogP contribution < -0.4 is 0 Å². The van der Waals surface area contributed by atoms with E-state index in [9.17, 15) is 0 Å². The number of rotatable bonds is 2. The average molecular weight is 313 g/mol. The summed E-state index contributed by atoms with van der Waals surface area (Å²) < 4.78 is 12.8. The van der Waals surface area contributed by atoms with Crippen LogP contribution in [-0.2, 0) is 4.74 Å². The molecule has 3 aromatic rings. The van der Waals surface area contributed by atoms with Crippen LogP contribution in [0.5, 0.6) is 0 Å². The first kappa shape index (κ1) is 14.3. The van der Waals surface area contributed by atoms with Crippen molar-refractivity contribution in [2.24, 2.45) is 5.92 Å². The molecule has 1 fully saturated rings. The number of hydrogen-bond acceptors (Lipinski definition) is 6. The Morgan fingerprint density at radius 1 is 1.26 bits per heavy atom. The molecule has 0 aromatic carbocycles. The first-order chi connectivity index (χ1) is 11.1. The second-order valence-electron chi connectivity index (χ2n) is 6.24. The minimum atomic E-state index is 0.253. The van der Waals surface area contributed by atoms with Crippen LogP contribution in [0.1, 0.15) is 36.5 Å². The highest BCUT2D eigenvalue weighted by atomic mass is 16.5. The van der Waals surface area contributed by atoms with Crippen molar-refractivity contribution >= 4 is 5.65 Å². The number of aryl methyl sites for hydroxylation is 2. The molecule has 7 nitrogen and oxygen atoms in total. The minimum absolute atomic E-state index is 0.253. The van der Waals surface area contributed by atoms with E-state index in [2.05, 4.69) is 27.1 Å². The number of nitrogens with zero attached hydrogens (tertiary/aromatic N) is 5. The van der Waals surface area contributed by atoms with Crippen LogP contribution in [0.15, 0.2) is 16.8 Å². The van der Waals surface area contributed by atoms with Gasteiger partial charge in [-0.3, -0.25) is 0 Å². The molecule has 0 aliphatic carbocycles. The molecular weight excluding hydrogens is 294 g/mol. The molecule has 0 unspecified atom stereocenters. The molecule has 2 atom stereocenters. The summed E-state index contributed by atoms with van der Waals surface area (Å²) >= 11 is 0. The Kier molecular flexibility index (Phi) is 3.37. The normalized spacial score (nSPS) is 21.9. The topological polar surface area (TPSA) is 78.3 Å². The molecule has 1 aliphatic heterocycles. The molecule has 4 heterocycles. The van der Waals surface area contributed by atoms with E-state index in [0.29, 0.717) is 17.6 Å². The van der Waals surface area contributed by atoms with Crippen molar-refractivity contribution in [2.75, 3.05) is 13.2 Å². The second kappa shape index (κ2) is 5.42. The van der Waals surface area contributed by atoms with Crippen LogP contribution in [0.2, 0.25) is 0 Å². The first-order valence-electron chi connectivity index (χ1n) is 7.87. The summed E-state index contributed by atoms with van der Waals surface area (Å²) in [5.74, 6) is 1.86. The molecule has 23 heavy (non-hydrogen) atoms. The van der Waals surface area contributed by atoms with Gasteiger partial charge in [0.15, 0.2) is 5.65 Å². The predicted octanol–water partition coefficient (Wildman–Crippen LogP) is 2.54. The SMILES string of the molecule is Cc1cc(C)n2ncc(-c3noc([C@H]4CCOC[C@H]4C)n3)c2n1. The van der Waals surface area contributed by atoms with Crippen LogP contribution in [0.4, 0.5) is 0 Å². The van der Waals surface area contributed by atoms with Crippen molar-refractivity contribution < 1.29 is 9.26 Å². The highest BCUT2D eigenvalue weighted by Crippen LogP contribution is 2.32. The van der Waals surface area contributed by atoms with Gasteiger partial charge >= 0.3 is 0 Å². The number of fused-ring (bicyclic) bond motifs is 1. The summed E-state index contributed by atoms with van der Waals surface area (Å²) in [6.45, 7) is 7.60. The lowest BCUT2D eigenvalue weighted by molar-refractivity contribution is 0.0392. The Morgan fingerprint density at radius 3 is 2.96 bits per heavy atom. The summed E-state index contributed by atoms with van der Waals surface area (Å²) in [4.78, 5) is 9.18. The molecule has 0 radical (unpaired) electrons. The highest BCUT2D eigenvalue weighted by molar-refractivity contribution is 5.72. The number of aromatic nitrogens is 5. The zero-order chi connectivity index (χ0) is 16.0. The molecule has 3 aromatic heterocycles. The molecule has 7 heteroatoms. The van der Waals surface area contributed by atoms with Crippen molar-refractivity contribution in [3.8, 4) is 11.4 Å². The molecule has 120 valence electrons. The van der Waals surface area contributed by atoms with Gasteiger partial charge in [-0.1, -0.05) is 12.1 Å². The van der Waals surface area contributed by atoms with Crippen molar-refractivity contribution in [2.45, 2.75) is 33.1 Å². The smallest absolute Gasteiger partial charge is 0.230 e. The van der Waals surface area contributed by atoms with Gasteiger partial charge in [-0.15, -0.1) is 0 Å². The molecule has 0 N–H and O–H groups in total. The third-order valence-corrected chi connectivity index (χ3v) is 4.42. The molecule has 0 saturated carbocycles. The molecule has 1 aliphatic rings. The summed E-state index contributed by atoms with van der Waals surface area (Å²) in [5.41, 5.74) is 3.53. The van der Waals surface area contributed by atoms with Gasteiger partial charge in [-0.2, -0.15) is 10.1 Å². The van der Waals surface area contributed by atoms with Crippen molar-refractivity contribution in [1.82, 2.24) is 24.7 Å². The largest absolute Gasteiger partial charge is 0.381 e. The fourth-order valence-electron chi connectivity index (χ4n) is 3.17. The molecule has 4 rings (SSSR count). The third-order valence-electron chi connectivity index (χ3n) is 4.42. The first-order valence-corrected chi connectivity index (χ1v) is 7.87. The molecule has 0 spiro atoms. The lowest BCUT2D eigenvalue weighted by Gasteiger charge is -2.25. The van der Waals surface area contributed by atoms with Gasteiger partial charge in [0.1, 0.15) is 0 Å². The summed E-state index contributed by atoms with van der Waals surface area (Å²) in [6.07, 6.45) is 2.66. The molecule has 0 amide bonds. The van der Waals surface area contributed by atoms with Gasteiger partial charge < -0.3 is 9.26 Å². The van der Waals surface area contributed by atoms with Gasteiger partial charge in [-0.05, 0) is 32.3 Å². The average Bonchev–Trinajstić information content (AvgIpc) is 3.14. The van der Waals surface area contributed by atoms with E-state index in [1.54, 1.807) is 10.7 Å². The van der Waals surface area contributed by atoms with Crippen LogP contribution in [0, 0.1) is 19.8 Å². The van der Waals surface area contributed by atoms with Crippen LogP contribution in [0.25, 0.3) is 17.0 Å². The fourth-order valence-corrected chi connectivity index (χ4v) is 3.17. The van der Waals surface area contributed by atoms with Gasteiger partial charge in [0.25, 0.3) is 0 Å². The van der Waals surface area contributed by atoms with Gasteiger partial charge in [0, 0.05) is 30.5 Å². The third kappa shape index (κ3) is 2.41. The van der Waals surface area contributed by atoms with E-state index in [1.807, 2.05) is 19.9 Å². The van der Waals surface area contributed by atoms with Crippen molar-refractivity contribution in [3.05, 3.63) is 29.5 Å². The zero-order valence-corrected chi connectivity index (χ0v) is 13.5. The van der Waals surface area contributed by atoms with Crippen LogP contribution in [-0.4, -0.2) is 38.0 Å². The van der Waals surface area contributed by atoms with E-state index in [1.165, 1.54) is 0 Å². The van der Waals surface area contributed by atoms with E-state index < -0.39 is 0 Å². The maximum Gasteiger partial charge on any atom is 0.230 e. The summed E-state index contributed by atoms with van der Waals surface area (Å²) in [5, 5.41) is 8.54. The van der Waals surface area contributed by atoms with E-state index in [-0.39, 0.29) is 5.92 Å². The lowest BCUT2D eigenvalue weighted by atomic mass is 9.90. The molecule has 1 saturated heterocycles. The zero-order valence-electron chi connectivity index (χ0n) is 13.5. The Balaban J connectivity index is 1.74. The summed E-state index contributed by atoms with van der Waals surface area (Å²) in [6, 6.07) is 2.00. The van der Waals surface area contributed by atoms with Crippen molar-refractivity contribution in [1.29, 1.82) is 0 Å². The van der Waals surface area contributed by atoms with Gasteiger partial charge in [0.2, 0.25) is 11.7 Å². The standard InChI is InChI=1S/C16H19N5O2/c1-9-8-22-5-4-12(9)16-19-14(20-23-16)13-7-17-21-11(3)6-10(2)18-15(13)21/h6-7,9,12H,4-5,8H2,1-3H3/t9-,12+/m1/s1. The Labute approximate surface area is 133 Å². The van der Waals surface area contributed by atoms with Crippen molar-refractivity contribution in [3.63, 3.8) is 0 Å². The fraction of sp³-hybridized carbons (Fsp3) is 0.500. The summed E-state index contributed by atoms with van der Waals surface area (Å²) in [7, 11) is 0. The second-order valence-corrected chi connectivity index (χ2v) is 6.24. The quantitative estimate of drug-likeness (QED) is 0.723. The number of ether oxygens (including phenoxy) is 1. The monoisotopic (exact) mass is 313 g/mol. The Bertz CT molecular complexity index is 853. The lowest BCUT2D eigenvalue weighted by Crippen LogP contribution is -2.23. The predicted molar refractivity (Wildman–Crippen MR) is 83.1 cm³/mol. The minimum Gasteiger partial charge on any atom is -0.381 e. The van der Waals surface area contributed by atoms with E-state index in [4.69, 9.17) is 9.26 Å². The maximum atomic E-state index is 5.53. The Hall–Kier alpha value is -2.28. The van der Waals surface area contributed by atoms with E-state index in [0.717, 1.165) is 42.2 Å². The Morgan fingerprint density at radius 2 is 2.13 bits per heavy atom.